The Morgan fingerprint density at radius 2 is 2.10 bits per heavy atom. The van der Waals surface area contributed by atoms with Crippen molar-refractivity contribution in [1.29, 1.82) is 0 Å². The highest BCUT2D eigenvalue weighted by Gasteiger charge is 2.12. The first-order valence-electron chi connectivity index (χ1n) is 6.25. The predicted octanol–water partition coefficient (Wildman–Crippen LogP) is 5.04. The molecule has 106 valence electrons. The number of halogens is 3. The Balaban J connectivity index is 2.40. The molecule has 0 aliphatic heterocycles. The van der Waals surface area contributed by atoms with Gasteiger partial charge in [0.25, 0.3) is 0 Å². The Morgan fingerprint density at radius 1 is 1.35 bits per heavy atom. The first-order chi connectivity index (χ1) is 9.52. The standard InChI is InChI=1S/C14H14BrClFN3/c1-3-4-9-13(16)18-7-19-14(9)20-12-6-11(17)10(15)5-8(12)2/h5-7H,3-4H2,1-2H3,(H,18,19,20). The quantitative estimate of drug-likeness (QED) is 0.778. The van der Waals surface area contributed by atoms with Crippen molar-refractivity contribution in [1.82, 2.24) is 9.97 Å². The number of anilines is 2. The molecule has 3 nitrogen and oxygen atoms in total. The van der Waals surface area contributed by atoms with Gasteiger partial charge in [-0.05, 0) is 47.0 Å². The van der Waals surface area contributed by atoms with E-state index in [1.807, 2.05) is 6.92 Å². The normalized spacial score (nSPS) is 10.7. The number of nitrogens with zero attached hydrogens (tertiary/aromatic N) is 2. The van der Waals surface area contributed by atoms with Gasteiger partial charge < -0.3 is 5.32 Å². The van der Waals surface area contributed by atoms with Crippen LogP contribution in [0.5, 0.6) is 0 Å². The van der Waals surface area contributed by atoms with E-state index in [-0.39, 0.29) is 5.82 Å². The van der Waals surface area contributed by atoms with E-state index in [9.17, 15) is 4.39 Å². The van der Waals surface area contributed by atoms with Crippen LogP contribution in [0.4, 0.5) is 15.9 Å². The van der Waals surface area contributed by atoms with Crippen LogP contribution in [-0.4, -0.2) is 9.97 Å². The molecule has 0 amide bonds. The first kappa shape index (κ1) is 15.2. The third-order valence-corrected chi connectivity index (χ3v) is 3.85. The Morgan fingerprint density at radius 3 is 2.80 bits per heavy atom. The molecular weight excluding hydrogens is 345 g/mol. The molecule has 1 aromatic carbocycles. The monoisotopic (exact) mass is 357 g/mol. The predicted molar refractivity (Wildman–Crippen MR) is 83.2 cm³/mol. The van der Waals surface area contributed by atoms with Gasteiger partial charge in [-0.15, -0.1) is 0 Å². The molecule has 0 aliphatic rings. The van der Waals surface area contributed by atoms with E-state index in [0.717, 1.165) is 24.0 Å². The summed E-state index contributed by atoms with van der Waals surface area (Å²) in [7, 11) is 0. The molecule has 0 atom stereocenters. The van der Waals surface area contributed by atoms with Gasteiger partial charge in [0.15, 0.2) is 0 Å². The number of aromatic nitrogens is 2. The number of nitrogens with one attached hydrogen (secondary N) is 1. The molecule has 0 saturated carbocycles. The lowest BCUT2D eigenvalue weighted by Gasteiger charge is -2.13. The van der Waals surface area contributed by atoms with Crippen LogP contribution in [0.2, 0.25) is 5.15 Å². The molecule has 0 spiro atoms. The number of hydrogen-bond donors (Lipinski definition) is 1. The highest BCUT2D eigenvalue weighted by Crippen LogP contribution is 2.29. The summed E-state index contributed by atoms with van der Waals surface area (Å²) in [6, 6.07) is 3.16. The van der Waals surface area contributed by atoms with Gasteiger partial charge in [-0.2, -0.15) is 0 Å². The maximum atomic E-state index is 13.6. The smallest absolute Gasteiger partial charge is 0.139 e. The van der Waals surface area contributed by atoms with Crippen molar-refractivity contribution in [3.8, 4) is 0 Å². The largest absolute Gasteiger partial charge is 0.340 e. The van der Waals surface area contributed by atoms with Crippen molar-refractivity contribution in [3.05, 3.63) is 45.0 Å². The van der Waals surface area contributed by atoms with Gasteiger partial charge in [0, 0.05) is 11.3 Å². The minimum atomic E-state index is -0.324. The van der Waals surface area contributed by atoms with Crippen LogP contribution in [-0.2, 0) is 6.42 Å². The minimum absolute atomic E-state index is 0.324. The van der Waals surface area contributed by atoms with E-state index in [4.69, 9.17) is 11.6 Å². The Labute approximate surface area is 130 Å². The molecule has 0 fully saturated rings. The van der Waals surface area contributed by atoms with Crippen molar-refractivity contribution >= 4 is 39.0 Å². The van der Waals surface area contributed by atoms with E-state index >= 15 is 0 Å². The average Bonchev–Trinajstić information content (AvgIpc) is 2.40. The van der Waals surface area contributed by atoms with Crippen molar-refractivity contribution in [2.45, 2.75) is 26.7 Å². The van der Waals surface area contributed by atoms with Gasteiger partial charge in [0.1, 0.15) is 23.1 Å². The van der Waals surface area contributed by atoms with Crippen LogP contribution in [0.1, 0.15) is 24.5 Å². The second kappa shape index (κ2) is 6.50. The molecular formula is C14H14BrClFN3. The summed E-state index contributed by atoms with van der Waals surface area (Å²) in [5.74, 6) is 0.298. The fourth-order valence-electron chi connectivity index (χ4n) is 1.88. The van der Waals surface area contributed by atoms with Crippen molar-refractivity contribution < 1.29 is 4.39 Å². The lowest BCUT2D eigenvalue weighted by atomic mass is 10.1. The van der Waals surface area contributed by atoms with E-state index in [1.165, 1.54) is 12.4 Å². The maximum Gasteiger partial charge on any atom is 0.139 e. The summed E-state index contributed by atoms with van der Waals surface area (Å²) in [5, 5.41) is 3.57. The second-order valence-electron chi connectivity index (χ2n) is 4.45. The van der Waals surface area contributed by atoms with Crippen LogP contribution in [0, 0.1) is 12.7 Å². The fraction of sp³-hybridized carbons (Fsp3) is 0.286. The highest BCUT2D eigenvalue weighted by atomic mass is 79.9. The van der Waals surface area contributed by atoms with Crippen molar-refractivity contribution in [3.63, 3.8) is 0 Å². The summed E-state index contributed by atoms with van der Waals surface area (Å²) in [6.07, 6.45) is 3.09. The van der Waals surface area contributed by atoms with Crippen LogP contribution >= 0.6 is 27.5 Å². The van der Waals surface area contributed by atoms with E-state index in [2.05, 4.69) is 38.1 Å². The Hall–Kier alpha value is -1.20. The molecule has 1 aromatic heterocycles. The third-order valence-electron chi connectivity index (χ3n) is 2.91. The molecule has 2 aromatic rings. The first-order valence-corrected chi connectivity index (χ1v) is 7.42. The van der Waals surface area contributed by atoms with Gasteiger partial charge >= 0.3 is 0 Å². The van der Waals surface area contributed by atoms with Crippen LogP contribution in [0.25, 0.3) is 0 Å². The Bertz CT molecular complexity index is 634. The molecule has 2 rings (SSSR count). The fourth-order valence-corrected chi connectivity index (χ4v) is 2.56. The van der Waals surface area contributed by atoms with Gasteiger partial charge in [0.2, 0.25) is 0 Å². The lowest BCUT2D eigenvalue weighted by molar-refractivity contribution is 0.621. The minimum Gasteiger partial charge on any atom is -0.340 e. The molecule has 0 radical (unpaired) electrons. The van der Waals surface area contributed by atoms with Gasteiger partial charge in [-0.25, -0.2) is 14.4 Å². The van der Waals surface area contributed by atoms with Gasteiger partial charge in [0.05, 0.1) is 4.47 Å². The molecule has 1 heterocycles. The van der Waals surface area contributed by atoms with E-state index in [0.29, 0.717) is 21.1 Å². The summed E-state index contributed by atoms with van der Waals surface area (Å²) >= 11 is 9.27. The zero-order chi connectivity index (χ0) is 14.7. The number of hydrogen-bond acceptors (Lipinski definition) is 3. The molecule has 20 heavy (non-hydrogen) atoms. The summed E-state index contributed by atoms with van der Waals surface area (Å²) in [5.41, 5.74) is 2.42. The van der Waals surface area contributed by atoms with Crippen molar-refractivity contribution in [2.24, 2.45) is 0 Å². The molecule has 6 heteroatoms. The molecule has 0 unspecified atom stereocenters. The third kappa shape index (κ3) is 3.27. The topological polar surface area (TPSA) is 37.8 Å². The summed E-state index contributed by atoms with van der Waals surface area (Å²) < 4.78 is 14.1. The lowest BCUT2D eigenvalue weighted by Crippen LogP contribution is -2.03. The highest BCUT2D eigenvalue weighted by molar-refractivity contribution is 9.10. The average molecular weight is 359 g/mol. The van der Waals surface area contributed by atoms with Crippen molar-refractivity contribution in [2.75, 3.05) is 5.32 Å². The number of aryl methyl sites for hydroxylation is 1. The van der Waals surface area contributed by atoms with Crippen LogP contribution in [0.15, 0.2) is 22.9 Å². The molecule has 0 aliphatic carbocycles. The summed E-state index contributed by atoms with van der Waals surface area (Å²) in [6.45, 7) is 3.95. The Kier molecular flexibility index (Phi) is 4.94. The van der Waals surface area contributed by atoms with E-state index in [1.54, 1.807) is 6.07 Å². The summed E-state index contributed by atoms with van der Waals surface area (Å²) in [4.78, 5) is 8.19. The van der Waals surface area contributed by atoms with Crippen LogP contribution < -0.4 is 5.32 Å². The molecule has 0 bridgehead atoms. The van der Waals surface area contributed by atoms with Crippen LogP contribution in [0.3, 0.4) is 0 Å². The van der Waals surface area contributed by atoms with E-state index < -0.39 is 0 Å². The zero-order valence-electron chi connectivity index (χ0n) is 11.2. The zero-order valence-corrected chi connectivity index (χ0v) is 13.5. The number of benzene rings is 1. The molecule has 0 saturated heterocycles. The molecule has 1 N–H and O–H groups in total. The maximum absolute atomic E-state index is 13.6. The van der Waals surface area contributed by atoms with Gasteiger partial charge in [-0.3, -0.25) is 0 Å². The second-order valence-corrected chi connectivity index (χ2v) is 5.66. The van der Waals surface area contributed by atoms with Gasteiger partial charge in [-0.1, -0.05) is 24.9 Å². The SMILES string of the molecule is CCCc1c(Cl)ncnc1Nc1cc(F)c(Br)cc1C. The number of rotatable bonds is 4.